The zero-order valence-electron chi connectivity index (χ0n) is 13.3. The molecule has 0 aliphatic carbocycles. The second-order valence-electron chi connectivity index (χ2n) is 5.21. The normalized spacial score (nSPS) is 11.8. The average molecular weight is 348 g/mol. The maximum Gasteiger partial charge on any atom is 0.265 e. The van der Waals surface area contributed by atoms with E-state index in [1.165, 1.54) is 40.8 Å². The Labute approximate surface area is 139 Å². The molecule has 1 aromatic carbocycles. The van der Waals surface area contributed by atoms with Gasteiger partial charge in [-0.05, 0) is 43.3 Å². The molecule has 24 heavy (non-hydrogen) atoms. The largest absolute Gasteiger partial charge is 0.285 e. The first kappa shape index (κ1) is 16.4. The van der Waals surface area contributed by atoms with Gasteiger partial charge in [-0.2, -0.15) is 0 Å². The predicted molar refractivity (Wildman–Crippen MR) is 89.0 cm³/mol. The number of anilines is 1. The van der Waals surface area contributed by atoms with E-state index in [-0.39, 0.29) is 11.4 Å². The molecule has 0 bridgehead atoms. The Hall–Kier alpha value is -2.48. The molecule has 6 nitrogen and oxygen atoms in total. The molecule has 3 aromatic rings. The van der Waals surface area contributed by atoms with Crippen molar-refractivity contribution in [3.05, 3.63) is 54.2 Å². The number of aryl methyl sites for hydroxylation is 1. The van der Waals surface area contributed by atoms with Crippen LogP contribution in [0, 0.1) is 5.82 Å². The van der Waals surface area contributed by atoms with Crippen LogP contribution in [0.4, 0.5) is 10.1 Å². The Kier molecular flexibility index (Phi) is 4.23. The molecular weight excluding hydrogens is 331 g/mol. The van der Waals surface area contributed by atoms with Gasteiger partial charge in [0.15, 0.2) is 5.65 Å². The molecule has 0 radical (unpaired) electrons. The fourth-order valence-electron chi connectivity index (χ4n) is 2.54. The number of nitrogens with zero attached hydrogens (tertiary/aromatic N) is 4. The molecule has 0 spiro atoms. The van der Waals surface area contributed by atoms with E-state index in [1.54, 1.807) is 17.4 Å². The minimum Gasteiger partial charge on any atom is -0.285 e. The van der Waals surface area contributed by atoms with Gasteiger partial charge < -0.3 is 0 Å². The summed E-state index contributed by atoms with van der Waals surface area (Å²) in [5.74, 6) is 0.276. The number of fused-ring (bicyclic) bond motifs is 1. The molecule has 0 unspecified atom stereocenters. The van der Waals surface area contributed by atoms with Crippen LogP contribution in [0.15, 0.2) is 47.5 Å². The van der Waals surface area contributed by atoms with Crippen LogP contribution in [-0.2, 0) is 16.4 Å². The molecule has 0 saturated carbocycles. The Morgan fingerprint density at radius 3 is 2.42 bits per heavy atom. The quantitative estimate of drug-likeness (QED) is 0.711. The summed E-state index contributed by atoms with van der Waals surface area (Å²) in [6, 6.07) is 8.51. The van der Waals surface area contributed by atoms with Gasteiger partial charge in [-0.15, -0.1) is 10.2 Å². The predicted octanol–water partition coefficient (Wildman–Crippen LogP) is 2.65. The summed E-state index contributed by atoms with van der Waals surface area (Å²) in [6.07, 6.45) is 2.16. The van der Waals surface area contributed by atoms with Crippen molar-refractivity contribution in [2.75, 3.05) is 10.8 Å². The van der Waals surface area contributed by atoms with Gasteiger partial charge in [0.05, 0.1) is 5.69 Å². The van der Waals surface area contributed by atoms with Crippen molar-refractivity contribution in [1.82, 2.24) is 14.6 Å². The maximum atomic E-state index is 13.1. The maximum absolute atomic E-state index is 13.1. The second-order valence-corrected chi connectivity index (χ2v) is 7.07. The topological polar surface area (TPSA) is 67.6 Å². The summed E-state index contributed by atoms with van der Waals surface area (Å²) in [5, 5.41) is 8.04. The lowest BCUT2D eigenvalue weighted by molar-refractivity contribution is 0.591. The van der Waals surface area contributed by atoms with Crippen LogP contribution in [0.5, 0.6) is 0 Å². The first-order chi connectivity index (χ1) is 11.5. The van der Waals surface area contributed by atoms with Crippen LogP contribution < -0.4 is 4.31 Å². The van der Waals surface area contributed by atoms with E-state index in [4.69, 9.17) is 0 Å². The highest BCUT2D eigenvalue weighted by Gasteiger charge is 2.24. The molecule has 0 aliphatic heterocycles. The molecule has 0 fully saturated rings. The lowest BCUT2D eigenvalue weighted by Crippen LogP contribution is -2.31. The molecule has 3 rings (SSSR count). The number of hydrogen-bond acceptors (Lipinski definition) is 4. The highest BCUT2D eigenvalue weighted by atomic mass is 32.2. The van der Waals surface area contributed by atoms with Crippen LogP contribution in [0.3, 0.4) is 0 Å². The van der Waals surface area contributed by atoms with E-state index in [1.807, 2.05) is 6.92 Å². The lowest BCUT2D eigenvalue weighted by Gasteiger charge is -2.23. The monoisotopic (exact) mass is 348 g/mol. The van der Waals surface area contributed by atoms with Gasteiger partial charge in [0.2, 0.25) is 0 Å². The third-order valence-corrected chi connectivity index (χ3v) is 5.64. The summed E-state index contributed by atoms with van der Waals surface area (Å²) in [6.45, 7) is 3.89. The van der Waals surface area contributed by atoms with E-state index in [9.17, 15) is 12.8 Å². The van der Waals surface area contributed by atoms with E-state index in [0.29, 0.717) is 23.6 Å². The first-order valence-corrected chi connectivity index (χ1v) is 9.03. The Morgan fingerprint density at radius 2 is 1.79 bits per heavy atom. The van der Waals surface area contributed by atoms with Gasteiger partial charge in [0.1, 0.15) is 16.5 Å². The molecule has 2 heterocycles. The fourth-order valence-corrected chi connectivity index (χ4v) is 4.01. The fraction of sp³-hybridized carbons (Fsp3) is 0.250. The van der Waals surface area contributed by atoms with E-state index in [2.05, 4.69) is 10.2 Å². The third-order valence-electron chi connectivity index (χ3n) is 3.75. The van der Waals surface area contributed by atoms with Crippen molar-refractivity contribution >= 4 is 21.4 Å². The van der Waals surface area contributed by atoms with Crippen LogP contribution in [0.2, 0.25) is 0 Å². The number of sulfonamides is 1. The highest BCUT2D eigenvalue weighted by Crippen LogP contribution is 2.24. The lowest BCUT2D eigenvalue weighted by atomic mass is 10.3. The molecule has 126 valence electrons. The summed E-state index contributed by atoms with van der Waals surface area (Å²) in [7, 11) is -3.78. The highest BCUT2D eigenvalue weighted by molar-refractivity contribution is 7.92. The minimum atomic E-state index is -3.78. The van der Waals surface area contributed by atoms with Gasteiger partial charge >= 0.3 is 0 Å². The zero-order chi connectivity index (χ0) is 17.3. The van der Waals surface area contributed by atoms with Crippen molar-refractivity contribution < 1.29 is 12.8 Å². The van der Waals surface area contributed by atoms with Gasteiger partial charge in [-0.3, -0.25) is 8.71 Å². The van der Waals surface area contributed by atoms with E-state index < -0.39 is 15.8 Å². The molecule has 2 aromatic heterocycles. The molecule has 0 atom stereocenters. The Balaban J connectivity index is 2.09. The first-order valence-electron chi connectivity index (χ1n) is 7.59. The minimum absolute atomic E-state index is 0.135. The average Bonchev–Trinajstić information content (AvgIpc) is 2.99. The van der Waals surface area contributed by atoms with Gasteiger partial charge in [0.25, 0.3) is 10.0 Å². The van der Waals surface area contributed by atoms with Crippen molar-refractivity contribution in [3.8, 4) is 0 Å². The zero-order valence-corrected chi connectivity index (χ0v) is 14.2. The van der Waals surface area contributed by atoms with Crippen molar-refractivity contribution in [2.45, 2.75) is 25.2 Å². The smallest absolute Gasteiger partial charge is 0.265 e. The number of aromatic nitrogens is 3. The van der Waals surface area contributed by atoms with Crippen molar-refractivity contribution in [3.63, 3.8) is 0 Å². The second kappa shape index (κ2) is 6.20. The third kappa shape index (κ3) is 2.73. The van der Waals surface area contributed by atoms with Gasteiger partial charge in [-0.1, -0.05) is 6.92 Å². The van der Waals surface area contributed by atoms with Crippen molar-refractivity contribution in [1.29, 1.82) is 0 Å². The number of pyridine rings is 1. The van der Waals surface area contributed by atoms with Crippen LogP contribution >= 0.6 is 0 Å². The molecule has 0 amide bonds. The molecule has 0 saturated heterocycles. The molecule has 0 aliphatic rings. The molecular formula is C16H17FN4O2S. The van der Waals surface area contributed by atoms with Crippen LogP contribution in [-0.4, -0.2) is 29.6 Å². The van der Waals surface area contributed by atoms with Crippen LogP contribution in [0.1, 0.15) is 19.7 Å². The van der Waals surface area contributed by atoms with Gasteiger partial charge in [0, 0.05) is 19.2 Å². The van der Waals surface area contributed by atoms with Gasteiger partial charge in [-0.25, -0.2) is 12.8 Å². The number of hydrogen-bond donors (Lipinski definition) is 0. The molecule has 0 N–H and O–H groups in total. The summed E-state index contributed by atoms with van der Waals surface area (Å²) < 4.78 is 42.0. The number of halogens is 1. The number of benzene rings is 1. The Morgan fingerprint density at radius 1 is 1.08 bits per heavy atom. The summed E-state index contributed by atoms with van der Waals surface area (Å²) in [5.41, 5.74) is 1.01. The van der Waals surface area contributed by atoms with Crippen molar-refractivity contribution in [2.24, 2.45) is 0 Å². The van der Waals surface area contributed by atoms with Crippen LogP contribution in [0.25, 0.3) is 5.65 Å². The van der Waals surface area contributed by atoms with E-state index >= 15 is 0 Å². The Bertz CT molecular complexity index is 967. The standard InChI is InChI=1S/C16H17FN4O2S/c1-3-15-18-19-16-10-9-14(11-20(15)16)24(22,23)21(4-2)13-7-5-12(17)6-8-13/h5-11H,3-4H2,1-2H3. The SMILES string of the molecule is CCc1nnc2ccc(S(=O)(=O)N(CC)c3ccc(F)cc3)cn12. The van der Waals surface area contributed by atoms with E-state index in [0.717, 1.165) is 0 Å². The summed E-state index contributed by atoms with van der Waals surface area (Å²) in [4.78, 5) is 0.135. The number of rotatable bonds is 5. The summed E-state index contributed by atoms with van der Waals surface area (Å²) >= 11 is 0. The molecule has 8 heteroatoms.